The molecule has 0 bridgehead atoms. The molecule has 0 N–H and O–H groups in total. The minimum absolute atomic E-state index is 0.0707. The molecule has 26 heavy (non-hydrogen) atoms. The van der Waals surface area contributed by atoms with Gasteiger partial charge in [0, 0.05) is 50.2 Å². The maximum atomic E-state index is 13.0. The summed E-state index contributed by atoms with van der Waals surface area (Å²) < 4.78 is 2.01. The molecule has 3 aromatic heterocycles. The summed E-state index contributed by atoms with van der Waals surface area (Å²) in [7, 11) is 0. The third-order valence-electron chi connectivity index (χ3n) is 4.63. The van der Waals surface area contributed by atoms with Crippen LogP contribution in [0.2, 0.25) is 0 Å². The third kappa shape index (κ3) is 2.82. The number of amides is 1. The Labute approximate surface area is 155 Å². The number of fused-ring (bicyclic) bond motifs is 1. The van der Waals surface area contributed by atoms with Gasteiger partial charge in [-0.3, -0.25) is 9.20 Å². The van der Waals surface area contributed by atoms with Crippen molar-refractivity contribution in [2.75, 3.05) is 31.1 Å². The fraction of sp³-hybridized carbons (Fsp3) is 0.471. The Bertz CT molecular complexity index is 925. The number of nitrogens with zero attached hydrogens (tertiary/aromatic N) is 7. The van der Waals surface area contributed by atoms with Gasteiger partial charge in [-0.15, -0.1) is 10.2 Å². The summed E-state index contributed by atoms with van der Waals surface area (Å²) >= 11 is 1.42. The monoisotopic (exact) mass is 371 g/mol. The van der Waals surface area contributed by atoms with Crippen LogP contribution in [0.25, 0.3) is 4.96 Å². The molecule has 1 aliphatic heterocycles. The van der Waals surface area contributed by atoms with E-state index in [2.05, 4.69) is 38.9 Å². The van der Waals surface area contributed by atoms with Crippen molar-refractivity contribution >= 4 is 28.2 Å². The van der Waals surface area contributed by atoms with Crippen LogP contribution >= 0.6 is 11.3 Å². The van der Waals surface area contributed by atoms with Gasteiger partial charge >= 0.3 is 0 Å². The van der Waals surface area contributed by atoms with E-state index >= 15 is 0 Å². The van der Waals surface area contributed by atoms with E-state index in [-0.39, 0.29) is 11.8 Å². The number of carbonyl (C=O) groups is 1. The van der Waals surface area contributed by atoms with Gasteiger partial charge in [0.05, 0.1) is 0 Å². The minimum Gasteiger partial charge on any atom is -0.337 e. The van der Waals surface area contributed by atoms with Crippen LogP contribution in [0.4, 0.5) is 5.95 Å². The molecule has 0 atom stereocenters. The Morgan fingerprint density at radius 3 is 2.46 bits per heavy atom. The number of thiazole rings is 1. The van der Waals surface area contributed by atoms with E-state index in [0.29, 0.717) is 13.1 Å². The number of carbonyl (C=O) groups excluding carboxylic acids is 1. The highest BCUT2D eigenvalue weighted by Gasteiger charge is 2.27. The lowest BCUT2D eigenvalue weighted by atomic mass is 10.2. The molecule has 0 spiro atoms. The molecule has 0 saturated carbocycles. The van der Waals surface area contributed by atoms with Gasteiger partial charge in [-0.05, 0) is 13.0 Å². The molecule has 1 aliphatic rings. The predicted molar refractivity (Wildman–Crippen MR) is 99.8 cm³/mol. The molecule has 9 heteroatoms. The molecule has 0 aromatic carbocycles. The summed E-state index contributed by atoms with van der Waals surface area (Å²) in [5, 5.41) is 8.49. The minimum atomic E-state index is 0.0707. The summed E-state index contributed by atoms with van der Waals surface area (Å²) in [5.41, 5.74) is 0.928. The Balaban J connectivity index is 1.52. The molecular formula is C17H21N7OS. The second-order valence-electron chi connectivity index (χ2n) is 6.68. The number of anilines is 1. The van der Waals surface area contributed by atoms with Crippen LogP contribution in [0.1, 0.15) is 41.0 Å². The first-order valence-corrected chi connectivity index (χ1v) is 9.53. The highest BCUT2D eigenvalue weighted by molar-refractivity contribution is 7.19. The quantitative estimate of drug-likeness (QED) is 0.700. The zero-order valence-corrected chi connectivity index (χ0v) is 15.9. The number of rotatable bonds is 3. The molecule has 1 amide bonds. The largest absolute Gasteiger partial charge is 0.337 e. The van der Waals surface area contributed by atoms with Crippen LogP contribution < -0.4 is 4.90 Å². The predicted octanol–water partition coefficient (Wildman–Crippen LogP) is 1.98. The zero-order valence-electron chi connectivity index (χ0n) is 15.1. The second-order valence-corrected chi connectivity index (χ2v) is 7.65. The van der Waals surface area contributed by atoms with Crippen molar-refractivity contribution in [2.45, 2.75) is 26.7 Å². The first kappa shape index (κ1) is 16.9. The number of aromatic nitrogens is 5. The van der Waals surface area contributed by atoms with Gasteiger partial charge < -0.3 is 9.80 Å². The molecule has 1 saturated heterocycles. The van der Waals surface area contributed by atoms with Crippen molar-refractivity contribution in [3.8, 4) is 0 Å². The molecule has 1 fully saturated rings. The second kappa shape index (κ2) is 6.64. The van der Waals surface area contributed by atoms with Gasteiger partial charge in [0.25, 0.3) is 5.91 Å². The van der Waals surface area contributed by atoms with Gasteiger partial charge in [-0.2, -0.15) is 0 Å². The van der Waals surface area contributed by atoms with Crippen LogP contribution in [0, 0.1) is 6.92 Å². The Morgan fingerprint density at radius 1 is 1.12 bits per heavy atom. The SMILES string of the molecule is Cc1c(C(=O)N2CCN(c3ncccn3)CC2)sc2nnc(C(C)C)n12. The van der Waals surface area contributed by atoms with Gasteiger partial charge in [0.2, 0.25) is 10.9 Å². The smallest absolute Gasteiger partial charge is 0.265 e. The van der Waals surface area contributed by atoms with E-state index < -0.39 is 0 Å². The van der Waals surface area contributed by atoms with Crippen LogP contribution in [0.5, 0.6) is 0 Å². The van der Waals surface area contributed by atoms with Crippen molar-refractivity contribution in [2.24, 2.45) is 0 Å². The first-order chi connectivity index (χ1) is 12.6. The molecule has 0 radical (unpaired) electrons. The van der Waals surface area contributed by atoms with E-state index in [0.717, 1.165) is 40.4 Å². The van der Waals surface area contributed by atoms with Crippen molar-refractivity contribution < 1.29 is 4.79 Å². The number of aryl methyl sites for hydroxylation is 1. The Hall–Kier alpha value is -2.55. The van der Waals surface area contributed by atoms with Crippen molar-refractivity contribution in [3.05, 3.63) is 34.9 Å². The maximum Gasteiger partial charge on any atom is 0.265 e. The van der Waals surface area contributed by atoms with Gasteiger partial charge in [-0.25, -0.2) is 9.97 Å². The molecule has 136 valence electrons. The lowest BCUT2D eigenvalue weighted by Crippen LogP contribution is -2.49. The molecule has 4 heterocycles. The summed E-state index contributed by atoms with van der Waals surface area (Å²) in [6, 6.07) is 1.81. The number of piperazine rings is 1. The van der Waals surface area contributed by atoms with Crippen LogP contribution in [0.15, 0.2) is 18.5 Å². The molecule has 3 aromatic rings. The molecule has 0 aliphatic carbocycles. The van der Waals surface area contributed by atoms with E-state index in [1.807, 2.05) is 16.2 Å². The van der Waals surface area contributed by atoms with Crippen molar-refractivity contribution in [1.82, 2.24) is 29.5 Å². The highest BCUT2D eigenvalue weighted by Crippen LogP contribution is 2.27. The number of hydrogen-bond donors (Lipinski definition) is 0. The highest BCUT2D eigenvalue weighted by atomic mass is 32.1. The zero-order chi connectivity index (χ0) is 18.3. The standard InChI is InChI=1S/C17H21N7OS/c1-11(2)14-20-21-17-24(14)12(3)13(26-17)15(25)22-7-9-23(10-8-22)16-18-5-4-6-19-16/h4-6,11H,7-10H2,1-3H3. The Kier molecular flexibility index (Phi) is 4.31. The Morgan fingerprint density at radius 2 is 1.81 bits per heavy atom. The lowest BCUT2D eigenvalue weighted by molar-refractivity contribution is 0.0750. The normalized spacial score (nSPS) is 15.2. The van der Waals surface area contributed by atoms with Crippen molar-refractivity contribution in [3.63, 3.8) is 0 Å². The molecule has 4 rings (SSSR count). The van der Waals surface area contributed by atoms with Crippen LogP contribution in [0.3, 0.4) is 0 Å². The summed E-state index contributed by atoms with van der Waals surface area (Å²) in [4.78, 5) is 27.2. The molecule has 0 unspecified atom stereocenters. The van der Waals surface area contributed by atoms with Gasteiger partial charge in [0.15, 0.2) is 0 Å². The van der Waals surface area contributed by atoms with E-state index in [4.69, 9.17) is 0 Å². The average molecular weight is 371 g/mol. The number of hydrogen-bond acceptors (Lipinski definition) is 7. The lowest BCUT2D eigenvalue weighted by Gasteiger charge is -2.34. The fourth-order valence-electron chi connectivity index (χ4n) is 3.21. The third-order valence-corrected chi connectivity index (χ3v) is 5.75. The van der Waals surface area contributed by atoms with Crippen LogP contribution in [-0.4, -0.2) is 61.6 Å². The first-order valence-electron chi connectivity index (χ1n) is 8.72. The topological polar surface area (TPSA) is 79.5 Å². The van der Waals surface area contributed by atoms with Crippen LogP contribution in [-0.2, 0) is 0 Å². The average Bonchev–Trinajstić information content (AvgIpc) is 3.22. The van der Waals surface area contributed by atoms with Gasteiger partial charge in [-0.1, -0.05) is 25.2 Å². The van der Waals surface area contributed by atoms with E-state index in [1.165, 1.54) is 11.3 Å². The molecule has 8 nitrogen and oxygen atoms in total. The fourth-order valence-corrected chi connectivity index (χ4v) is 4.25. The van der Waals surface area contributed by atoms with Crippen molar-refractivity contribution in [1.29, 1.82) is 0 Å². The maximum absolute atomic E-state index is 13.0. The van der Waals surface area contributed by atoms with E-state index in [1.54, 1.807) is 18.5 Å². The summed E-state index contributed by atoms with van der Waals surface area (Å²) in [5.74, 6) is 1.95. The summed E-state index contributed by atoms with van der Waals surface area (Å²) in [6.07, 6.45) is 3.48. The summed E-state index contributed by atoms with van der Waals surface area (Å²) in [6.45, 7) is 8.92. The van der Waals surface area contributed by atoms with E-state index in [9.17, 15) is 4.79 Å². The molecular weight excluding hydrogens is 350 g/mol. The van der Waals surface area contributed by atoms with Gasteiger partial charge in [0.1, 0.15) is 10.7 Å².